The summed E-state index contributed by atoms with van der Waals surface area (Å²) in [5.74, 6) is 1.01. The first-order chi connectivity index (χ1) is 10.7. The first-order valence-corrected chi connectivity index (χ1v) is 7.25. The lowest BCUT2D eigenvalue weighted by molar-refractivity contribution is -0.118. The number of hydrogen-bond acceptors (Lipinski definition) is 5. The Hall–Kier alpha value is -2.47. The predicted molar refractivity (Wildman–Crippen MR) is 82.1 cm³/mol. The number of amides is 1. The third kappa shape index (κ3) is 3.59. The molecule has 0 radical (unpaired) electrons. The van der Waals surface area contributed by atoms with Crippen LogP contribution in [0.15, 0.2) is 42.7 Å². The smallest absolute Gasteiger partial charge is 0.231 e. The minimum atomic E-state index is -0.309. The summed E-state index contributed by atoms with van der Waals surface area (Å²) in [4.78, 5) is 21.6. The maximum absolute atomic E-state index is 10.9. The second-order valence-electron chi connectivity index (χ2n) is 5.34. The highest BCUT2D eigenvalue weighted by Crippen LogP contribution is 2.19. The molecule has 0 saturated carbocycles. The van der Waals surface area contributed by atoms with Crippen molar-refractivity contribution in [1.82, 2.24) is 14.9 Å². The van der Waals surface area contributed by atoms with Gasteiger partial charge in [0.05, 0.1) is 18.9 Å². The molecule has 1 aromatic carbocycles. The summed E-state index contributed by atoms with van der Waals surface area (Å²) >= 11 is 0. The van der Waals surface area contributed by atoms with Crippen molar-refractivity contribution in [2.45, 2.75) is 12.5 Å². The lowest BCUT2D eigenvalue weighted by Gasteiger charge is -2.15. The Bertz CT molecular complexity index is 630. The van der Waals surface area contributed by atoms with Crippen LogP contribution in [0.1, 0.15) is 6.42 Å². The number of hydrogen-bond donors (Lipinski definition) is 1. The van der Waals surface area contributed by atoms with Crippen molar-refractivity contribution in [2.75, 3.05) is 19.6 Å². The van der Waals surface area contributed by atoms with Gasteiger partial charge in [-0.2, -0.15) is 0 Å². The first kappa shape index (κ1) is 14.5. The van der Waals surface area contributed by atoms with Crippen molar-refractivity contribution in [3.8, 4) is 17.1 Å². The van der Waals surface area contributed by atoms with E-state index in [1.807, 2.05) is 35.2 Å². The zero-order valence-corrected chi connectivity index (χ0v) is 12.2. The summed E-state index contributed by atoms with van der Waals surface area (Å²) in [5.41, 5.74) is 6.18. The maximum atomic E-state index is 10.9. The van der Waals surface area contributed by atoms with Crippen LogP contribution in [0.25, 0.3) is 11.4 Å². The normalized spacial score (nSPS) is 18.3. The summed E-state index contributed by atoms with van der Waals surface area (Å²) in [5, 5.41) is 0. The molecular formula is C16H18N4O2. The molecule has 1 saturated heterocycles. The minimum absolute atomic E-state index is 0.0468. The number of primary amides is 1. The van der Waals surface area contributed by atoms with Crippen LogP contribution < -0.4 is 10.5 Å². The van der Waals surface area contributed by atoms with Crippen LogP contribution >= 0.6 is 0 Å². The zero-order chi connectivity index (χ0) is 15.4. The van der Waals surface area contributed by atoms with Crippen molar-refractivity contribution in [3.05, 3.63) is 42.7 Å². The number of nitrogens with zero attached hydrogens (tertiary/aromatic N) is 3. The van der Waals surface area contributed by atoms with Crippen LogP contribution in [0.5, 0.6) is 5.75 Å². The molecule has 22 heavy (non-hydrogen) atoms. The van der Waals surface area contributed by atoms with E-state index in [4.69, 9.17) is 10.5 Å². The summed E-state index contributed by atoms with van der Waals surface area (Å²) in [7, 11) is 0. The van der Waals surface area contributed by atoms with Crippen LogP contribution in [-0.2, 0) is 4.79 Å². The molecule has 1 aliphatic rings. The van der Waals surface area contributed by atoms with E-state index >= 15 is 0 Å². The first-order valence-electron chi connectivity index (χ1n) is 7.25. The number of rotatable bonds is 5. The van der Waals surface area contributed by atoms with Crippen molar-refractivity contribution in [2.24, 2.45) is 5.73 Å². The van der Waals surface area contributed by atoms with Gasteiger partial charge in [0, 0.05) is 18.7 Å². The monoisotopic (exact) mass is 298 g/mol. The number of benzene rings is 1. The van der Waals surface area contributed by atoms with E-state index in [9.17, 15) is 4.79 Å². The molecule has 2 aromatic rings. The molecule has 1 aromatic heterocycles. The Balaban J connectivity index is 1.59. The molecule has 1 atom stereocenters. The topological polar surface area (TPSA) is 81.3 Å². The Kier molecular flexibility index (Phi) is 4.29. The van der Waals surface area contributed by atoms with E-state index < -0.39 is 0 Å². The standard InChI is InChI=1S/C16H18N4O2/c17-15(21)11-20-7-6-13(10-20)22-14-8-18-16(19-9-14)12-4-2-1-3-5-12/h1-5,8-9,13H,6-7,10-11H2,(H2,17,21). The van der Waals surface area contributed by atoms with E-state index in [-0.39, 0.29) is 18.6 Å². The van der Waals surface area contributed by atoms with E-state index in [0.29, 0.717) is 18.1 Å². The molecule has 1 amide bonds. The highest BCUT2D eigenvalue weighted by molar-refractivity contribution is 5.75. The Morgan fingerprint density at radius 1 is 1.27 bits per heavy atom. The van der Waals surface area contributed by atoms with Crippen LogP contribution in [0.4, 0.5) is 0 Å². The van der Waals surface area contributed by atoms with Crippen LogP contribution in [0, 0.1) is 0 Å². The molecular weight excluding hydrogens is 280 g/mol. The predicted octanol–water partition coefficient (Wildman–Crippen LogP) is 1.08. The number of nitrogens with two attached hydrogens (primary N) is 1. The maximum Gasteiger partial charge on any atom is 0.231 e. The molecule has 2 heterocycles. The fraction of sp³-hybridized carbons (Fsp3) is 0.312. The quantitative estimate of drug-likeness (QED) is 0.893. The third-order valence-electron chi connectivity index (χ3n) is 3.57. The van der Waals surface area contributed by atoms with Gasteiger partial charge in [0.2, 0.25) is 5.91 Å². The highest BCUT2D eigenvalue weighted by atomic mass is 16.5. The van der Waals surface area contributed by atoms with Gasteiger partial charge >= 0.3 is 0 Å². The van der Waals surface area contributed by atoms with E-state index in [0.717, 1.165) is 18.5 Å². The third-order valence-corrected chi connectivity index (χ3v) is 3.57. The van der Waals surface area contributed by atoms with Crippen LogP contribution in [0.3, 0.4) is 0 Å². The lowest BCUT2D eigenvalue weighted by atomic mass is 10.2. The number of carbonyl (C=O) groups excluding carboxylic acids is 1. The molecule has 0 spiro atoms. The van der Waals surface area contributed by atoms with Gasteiger partial charge in [0.15, 0.2) is 11.6 Å². The SMILES string of the molecule is NC(=O)CN1CCC(Oc2cnc(-c3ccccc3)nc2)C1. The molecule has 3 rings (SSSR count). The fourth-order valence-corrected chi connectivity index (χ4v) is 2.56. The van der Waals surface area contributed by atoms with Crippen LogP contribution in [0.2, 0.25) is 0 Å². The molecule has 0 bridgehead atoms. The van der Waals surface area contributed by atoms with E-state index in [1.54, 1.807) is 12.4 Å². The lowest BCUT2D eigenvalue weighted by Crippen LogP contribution is -2.33. The number of ether oxygens (including phenoxy) is 1. The average Bonchev–Trinajstić information content (AvgIpc) is 2.95. The summed E-state index contributed by atoms with van der Waals surface area (Å²) in [6.07, 6.45) is 4.29. The highest BCUT2D eigenvalue weighted by Gasteiger charge is 2.24. The Morgan fingerprint density at radius 2 is 2.00 bits per heavy atom. The average molecular weight is 298 g/mol. The van der Waals surface area contributed by atoms with Gasteiger partial charge in [-0.3, -0.25) is 9.69 Å². The molecule has 6 heteroatoms. The molecule has 114 valence electrons. The minimum Gasteiger partial charge on any atom is -0.486 e. The van der Waals surface area contributed by atoms with Gasteiger partial charge in [-0.05, 0) is 6.42 Å². The summed E-state index contributed by atoms with van der Waals surface area (Å²) in [6, 6.07) is 9.80. The zero-order valence-electron chi connectivity index (χ0n) is 12.2. The molecule has 0 aliphatic carbocycles. The second-order valence-corrected chi connectivity index (χ2v) is 5.34. The van der Waals surface area contributed by atoms with Gasteiger partial charge in [-0.25, -0.2) is 9.97 Å². The molecule has 6 nitrogen and oxygen atoms in total. The number of aromatic nitrogens is 2. The van der Waals surface area contributed by atoms with Crippen LogP contribution in [-0.4, -0.2) is 46.5 Å². The van der Waals surface area contributed by atoms with Crippen molar-refractivity contribution in [1.29, 1.82) is 0 Å². The molecule has 1 aliphatic heterocycles. The van der Waals surface area contributed by atoms with Gasteiger partial charge in [0.25, 0.3) is 0 Å². The Morgan fingerprint density at radius 3 is 2.68 bits per heavy atom. The summed E-state index contributed by atoms with van der Waals surface area (Å²) < 4.78 is 5.86. The van der Waals surface area contributed by atoms with Gasteiger partial charge < -0.3 is 10.5 Å². The second kappa shape index (κ2) is 6.53. The van der Waals surface area contributed by atoms with E-state index in [1.165, 1.54) is 0 Å². The van der Waals surface area contributed by atoms with Crippen molar-refractivity contribution in [3.63, 3.8) is 0 Å². The fourth-order valence-electron chi connectivity index (χ4n) is 2.56. The molecule has 2 N–H and O–H groups in total. The Labute approximate surface area is 128 Å². The van der Waals surface area contributed by atoms with Gasteiger partial charge in [-0.1, -0.05) is 30.3 Å². The number of carbonyl (C=O) groups is 1. The molecule has 1 unspecified atom stereocenters. The largest absolute Gasteiger partial charge is 0.486 e. The summed E-state index contributed by atoms with van der Waals surface area (Å²) in [6.45, 7) is 1.79. The van der Waals surface area contributed by atoms with E-state index in [2.05, 4.69) is 9.97 Å². The van der Waals surface area contributed by atoms with Gasteiger partial charge in [-0.15, -0.1) is 0 Å². The van der Waals surface area contributed by atoms with Gasteiger partial charge in [0.1, 0.15) is 6.10 Å². The molecule has 1 fully saturated rings. The number of likely N-dealkylation sites (tertiary alicyclic amines) is 1. The van der Waals surface area contributed by atoms with Crippen molar-refractivity contribution < 1.29 is 9.53 Å². The van der Waals surface area contributed by atoms with Crippen molar-refractivity contribution >= 4 is 5.91 Å².